The topological polar surface area (TPSA) is 76.3 Å². The van der Waals surface area contributed by atoms with Crippen LogP contribution in [-0.2, 0) is 0 Å². The summed E-state index contributed by atoms with van der Waals surface area (Å²) in [7, 11) is 0. The first-order valence-electron chi connectivity index (χ1n) is 9.50. The monoisotopic (exact) mass is 393 g/mol. The smallest absolute Gasteiger partial charge is 0.263 e. The van der Waals surface area contributed by atoms with E-state index < -0.39 is 5.91 Å². The number of fused-ring (bicyclic) bond motifs is 1. The van der Waals surface area contributed by atoms with E-state index in [1.54, 1.807) is 11.3 Å². The zero-order valence-electron chi connectivity index (χ0n) is 16.1. The third-order valence-electron chi connectivity index (χ3n) is 5.49. The molecule has 2 N–H and O–H groups in total. The fraction of sp³-hybridized carbons (Fsp3) is 0.318. The largest absolute Gasteiger partial charge is 0.366 e. The molecule has 0 aliphatic carbocycles. The number of nitrogens with two attached hydrogens (primary N) is 1. The van der Waals surface area contributed by atoms with Gasteiger partial charge in [0.2, 0.25) is 0 Å². The van der Waals surface area contributed by atoms with Gasteiger partial charge in [0.05, 0.1) is 21.7 Å². The van der Waals surface area contributed by atoms with Crippen molar-refractivity contribution in [2.45, 2.75) is 32.6 Å². The minimum absolute atomic E-state index is 0.00645. The van der Waals surface area contributed by atoms with Crippen LogP contribution in [0.1, 0.15) is 54.9 Å². The summed E-state index contributed by atoms with van der Waals surface area (Å²) >= 11 is 1.54. The third-order valence-corrected chi connectivity index (χ3v) is 6.63. The number of para-hydroxylation sites is 1. The van der Waals surface area contributed by atoms with Gasteiger partial charge in [0.1, 0.15) is 0 Å². The molecule has 1 aliphatic rings. The minimum Gasteiger partial charge on any atom is -0.366 e. The van der Waals surface area contributed by atoms with E-state index in [4.69, 9.17) is 10.7 Å². The van der Waals surface area contributed by atoms with Crippen molar-refractivity contribution < 1.29 is 9.59 Å². The number of aryl methyl sites for hydroxylation is 2. The van der Waals surface area contributed by atoms with Crippen molar-refractivity contribution in [2.75, 3.05) is 13.1 Å². The van der Waals surface area contributed by atoms with Crippen LogP contribution in [0.2, 0.25) is 0 Å². The van der Waals surface area contributed by atoms with Gasteiger partial charge in [0, 0.05) is 29.3 Å². The van der Waals surface area contributed by atoms with Gasteiger partial charge in [0.25, 0.3) is 11.8 Å². The maximum absolute atomic E-state index is 13.0. The molecule has 0 saturated carbocycles. The molecule has 0 bridgehead atoms. The van der Waals surface area contributed by atoms with Crippen molar-refractivity contribution in [2.24, 2.45) is 5.73 Å². The number of primary amides is 1. The Hall–Kier alpha value is -2.73. The summed E-state index contributed by atoms with van der Waals surface area (Å²) in [4.78, 5) is 33.7. The molecule has 4 rings (SSSR count). The number of hydrogen-bond donors (Lipinski definition) is 1. The molecule has 5 nitrogen and oxygen atoms in total. The van der Waals surface area contributed by atoms with Crippen molar-refractivity contribution in [3.63, 3.8) is 0 Å². The van der Waals surface area contributed by atoms with Gasteiger partial charge in [-0.05, 0) is 50.5 Å². The number of amides is 2. The summed E-state index contributed by atoms with van der Waals surface area (Å²) in [5.74, 6) is -0.402. The number of nitrogens with zero attached hydrogens (tertiary/aromatic N) is 2. The summed E-state index contributed by atoms with van der Waals surface area (Å²) in [5, 5.41) is 0.897. The van der Waals surface area contributed by atoms with Gasteiger partial charge in [0.15, 0.2) is 0 Å². The van der Waals surface area contributed by atoms with E-state index in [0.717, 1.165) is 40.7 Å². The summed E-state index contributed by atoms with van der Waals surface area (Å²) in [6.45, 7) is 5.35. The Labute approximate surface area is 168 Å². The SMILES string of the molecule is Cc1cc(C(=O)N2CCC[C@H](c3nc4ccccc4cc3C(N)=O)C2)sc1C. The highest BCUT2D eigenvalue weighted by Gasteiger charge is 2.29. The van der Waals surface area contributed by atoms with Gasteiger partial charge in [-0.15, -0.1) is 11.3 Å². The molecule has 1 fully saturated rings. The Morgan fingerprint density at radius 1 is 1.21 bits per heavy atom. The predicted octanol–water partition coefficient (Wildman–Crippen LogP) is 4.03. The second-order valence-electron chi connectivity index (χ2n) is 7.42. The maximum Gasteiger partial charge on any atom is 0.263 e. The summed E-state index contributed by atoms with van der Waals surface area (Å²) in [6, 6.07) is 11.5. The van der Waals surface area contributed by atoms with Gasteiger partial charge in [-0.2, -0.15) is 0 Å². The molecule has 28 heavy (non-hydrogen) atoms. The van der Waals surface area contributed by atoms with E-state index in [1.165, 1.54) is 4.88 Å². The van der Waals surface area contributed by atoms with Gasteiger partial charge < -0.3 is 10.6 Å². The number of aromatic nitrogens is 1. The lowest BCUT2D eigenvalue weighted by Gasteiger charge is -2.33. The number of rotatable bonds is 3. The molecule has 0 unspecified atom stereocenters. The second-order valence-corrected chi connectivity index (χ2v) is 8.67. The number of thiophene rings is 1. The minimum atomic E-state index is -0.471. The van der Waals surface area contributed by atoms with Gasteiger partial charge in [-0.1, -0.05) is 18.2 Å². The molecule has 6 heteroatoms. The van der Waals surface area contributed by atoms with Crippen LogP contribution in [-0.4, -0.2) is 34.8 Å². The maximum atomic E-state index is 13.0. The molecule has 0 radical (unpaired) electrons. The first kappa shape index (κ1) is 18.6. The number of carbonyl (C=O) groups excluding carboxylic acids is 2. The zero-order valence-corrected chi connectivity index (χ0v) is 16.9. The summed E-state index contributed by atoms with van der Waals surface area (Å²) in [6.07, 6.45) is 1.77. The van der Waals surface area contributed by atoms with Crippen molar-refractivity contribution in [1.82, 2.24) is 9.88 Å². The molecular weight excluding hydrogens is 370 g/mol. The number of pyridine rings is 1. The molecule has 1 aliphatic heterocycles. The van der Waals surface area contributed by atoms with Gasteiger partial charge >= 0.3 is 0 Å². The fourth-order valence-electron chi connectivity index (χ4n) is 3.86. The van der Waals surface area contributed by atoms with Crippen LogP contribution < -0.4 is 5.73 Å². The van der Waals surface area contributed by atoms with Crippen LogP contribution in [0.3, 0.4) is 0 Å². The molecule has 0 spiro atoms. The number of carbonyl (C=O) groups is 2. The van der Waals surface area contributed by atoms with E-state index in [9.17, 15) is 9.59 Å². The second kappa shape index (κ2) is 7.36. The Balaban J connectivity index is 1.66. The molecule has 3 heterocycles. The van der Waals surface area contributed by atoms with E-state index in [0.29, 0.717) is 17.8 Å². The molecule has 1 atom stereocenters. The van der Waals surface area contributed by atoms with Crippen LogP contribution in [0.15, 0.2) is 36.4 Å². The number of piperidine rings is 1. The molecule has 144 valence electrons. The van der Waals surface area contributed by atoms with Crippen molar-refractivity contribution in [1.29, 1.82) is 0 Å². The Morgan fingerprint density at radius 3 is 2.71 bits per heavy atom. The highest BCUT2D eigenvalue weighted by atomic mass is 32.1. The number of benzene rings is 1. The van der Waals surface area contributed by atoms with Crippen molar-refractivity contribution in [3.8, 4) is 0 Å². The quantitative estimate of drug-likeness (QED) is 0.730. The van der Waals surface area contributed by atoms with E-state index >= 15 is 0 Å². The molecular formula is C22H23N3O2S. The lowest BCUT2D eigenvalue weighted by atomic mass is 9.90. The number of likely N-dealkylation sites (tertiary alicyclic amines) is 1. The van der Waals surface area contributed by atoms with E-state index in [2.05, 4.69) is 0 Å². The number of hydrogen-bond acceptors (Lipinski definition) is 4. The lowest BCUT2D eigenvalue weighted by molar-refractivity contribution is 0.0710. The molecule has 2 amide bonds. The standard InChI is InChI=1S/C22H23N3O2S/c1-13-10-19(28-14(13)2)22(27)25-9-5-7-16(12-25)20-17(21(23)26)11-15-6-3-4-8-18(15)24-20/h3-4,6,8,10-11,16H,5,7,9,12H2,1-2H3,(H2,23,26)/t16-/m0/s1. The molecule has 2 aromatic heterocycles. The van der Waals surface area contributed by atoms with Crippen molar-refractivity contribution >= 4 is 34.1 Å². The molecule has 3 aromatic rings. The summed E-state index contributed by atoms with van der Waals surface area (Å²) in [5.41, 5.74) is 8.82. The molecule has 1 saturated heterocycles. The van der Waals surface area contributed by atoms with Crippen LogP contribution in [0.4, 0.5) is 0 Å². The van der Waals surface area contributed by atoms with Crippen LogP contribution in [0.5, 0.6) is 0 Å². The lowest BCUT2D eigenvalue weighted by Crippen LogP contribution is -2.39. The van der Waals surface area contributed by atoms with Gasteiger partial charge in [-0.3, -0.25) is 14.6 Å². The Kier molecular flexibility index (Phi) is 4.89. The van der Waals surface area contributed by atoms with Crippen molar-refractivity contribution in [3.05, 3.63) is 63.0 Å². The Bertz CT molecular complexity index is 1050. The first-order valence-corrected chi connectivity index (χ1v) is 10.3. The van der Waals surface area contributed by atoms with E-state index in [1.807, 2.05) is 55.1 Å². The average Bonchev–Trinajstić information content (AvgIpc) is 3.05. The first-order chi connectivity index (χ1) is 13.4. The Morgan fingerprint density at radius 2 is 2.00 bits per heavy atom. The van der Waals surface area contributed by atoms with Gasteiger partial charge in [-0.25, -0.2) is 0 Å². The van der Waals surface area contributed by atoms with Crippen LogP contribution >= 0.6 is 11.3 Å². The normalized spacial score (nSPS) is 17.1. The summed E-state index contributed by atoms with van der Waals surface area (Å²) < 4.78 is 0. The fourth-order valence-corrected chi connectivity index (χ4v) is 4.86. The van der Waals surface area contributed by atoms with E-state index in [-0.39, 0.29) is 11.8 Å². The van der Waals surface area contributed by atoms with Crippen LogP contribution in [0, 0.1) is 13.8 Å². The highest BCUT2D eigenvalue weighted by molar-refractivity contribution is 7.14. The predicted molar refractivity (Wildman–Crippen MR) is 112 cm³/mol. The average molecular weight is 394 g/mol. The highest BCUT2D eigenvalue weighted by Crippen LogP contribution is 2.31. The molecule has 1 aromatic carbocycles. The zero-order chi connectivity index (χ0) is 19.8. The third kappa shape index (κ3) is 3.40. The van der Waals surface area contributed by atoms with Crippen LogP contribution in [0.25, 0.3) is 10.9 Å².